The molecule has 246 valence electrons. The van der Waals surface area contributed by atoms with Crippen LogP contribution in [0.25, 0.3) is 0 Å². The summed E-state index contributed by atoms with van der Waals surface area (Å²) >= 11 is 2.88. The normalized spacial score (nSPS) is 26.6. The van der Waals surface area contributed by atoms with Crippen molar-refractivity contribution in [3.05, 3.63) is 98.0 Å². The van der Waals surface area contributed by atoms with Crippen molar-refractivity contribution in [1.82, 2.24) is 4.98 Å². The summed E-state index contributed by atoms with van der Waals surface area (Å²) in [6, 6.07) is 20.9. The van der Waals surface area contributed by atoms with Crippen LogP contribution in [0.1, 0.15) is 40.8 Å². The van der Waals surface area contributed by atoms with Gasteiger partial charge < -0.3 is 19.8 Å². The maximum atomic E-state index is 14.1. The number of nitrogens with one attached hydrogen (secondary N) is 2. The average Bonchev–Trinajstić information content (AvgIpc) is 3.81. The fourth-order valence-electron chi connectivity index (χ4n) is 8.49. The molecule has 3 fully saturated rings. The Balaban J connectivity index is 1.10. The number of imide groups is 1. The number of nitrogens with zero attached hydrogens (tertiary/aromatic N) is 1. The number of thiazole rings is 1. The predicted octanol–water partition coefficient (Wildman–Crippen LogP) is 6.15. The van der Waals surface area contributed by atoms with Crippen LogP contribution in [-0.4, -0.2) is 41.2 Å². The maximum absolute atomic E-state index is 14.1. The van der Waals surface area contributed by atoms with Gasteiger partial charge in [0, 0.05) is 21.7 Å². The molecule has 1 aromatic heterocycles. The zero-order valence-corrected chi connectivity index (χ0v) is 28.4. The number of para-hydroxylation sites is 1. The second kappa shape index (κ2) is 12.0. The van der Waals surface area contributed by atoms with E-state index in [9.17, 15) is 19.2 Å². The molecule has 2 aliphatic heterocycles. The first-order valence-electron chi connectivity index (χ1n) is 16.3. The largest absolute Gasteiger partial charge is 0.490 e. The van der Waals surface area contributed by atoms with Crippen molar-refractivity contribution < 1.29 is 23.9 Å². The molecule has 9 nitrogen and oxygen atoms in total. The molecule has 4 unspecified atom stereocenters. The van der Waals surface area contributed by atoms with Crippen molar-refractivity contribution in [2.24, 2.45) is 29.6 Å². The number of aromatic amines is 1. The van der Waals surface area contributed by atoms with Gasteiger partial charge in [-0.25, -0.2) is 0 Å². The molecule has 1 saturated heterocycles. The monoisotopic (exact) mass is 681 g/mol. The molecule has 48 heavy (non-hydrogen) atoms. The van der Waals surface area contributed by atoms with E-state index in [4.69, 9.17) is 9.47 Å². The summed E-state index contributed by atoms with van der Waals surface area (Å²) in [6.45, 7) is 6.01. The number of benzene rings is 3. The van der Waals surface area contributed by atoms with Gasteiger partial charge in [0.2, 0.25) is 11.8 Å². The molecular weight excluding hydrogens is 647 g/mol. The van der Waals surface area contributed by atoms with Gasteiger partial charge in [0.15, 0.2) is 18.1 Å². The standard InChI is InChI=1S/C37H35N3O6S2/c1-4-45-26-15-20(11-14-25(26)46-17-27(41)38-24-8-6-5-7-19(24)3)28-29-22-16-23(32(29)47-34-33(28)48-37(44)39-34)31-30(22)35(42)40(36(31)43)21-12-9-18(2)10-13-21/h5-15,22-23,28-32H,4,16-17H2,1-3H3,(H,38,41)(H,39,44)/t22-,23-,28-,29?,30?,31?,32?/m1/s1. The number of hydrogen-bond acceptors (Lipinski definition) is 8. The van der Waals surface area contributed by atoms with Crippen LogP contribution >= 0.6 is 23.1 Å². The molecule has 4 aromatic rings. The summed E-state index contributed by atoms with van der Waals surface area (Å²) in [5.74, 6) is -0.366. The number of anilines is 2. The molecule has 0 spiro atoms. The van der Waals surface area contributed by atoms with E-state index in [0.717, 1.165) is 38.7 Å². The molecule has 3 amide bonds. The van der Waals surface area contributed by atoms with Gasteiger partial charge in [-0.3, -0.25) is 24.1 Å². The van der Waals surface area contributed by atoms with Gasteiger partial charge in [0.1, 0.15) is 0 Å². The number of ether oxygens (including phenoxy) is 2. The zero-order chi connectivity index (χ0) is 33.3. The molecule has 7 atom stereocenters. The zero-order valence-electron chi connectivity index (χ0n) is 26.7. The summed E-state index contributed by atoms with van der Waals surface area (Å²) in [7, 11) is 0. The fourth-order valence-corrected chi connectivity index (χ4v) is 11.4. The number of fused-ring (bicyclic) bond motifs is 9. The van der Waals surface area contributed by atoms with E-state index < -0.39 is 0 Å². The summed E-state index contributed by atoms with van der Waals surface area (Å²) < 4.78 is 12.0. The molecule has 3 aromatic carbocycles. The highest BCUT2D eigenvalue weighted by Crippen LogP contribution is 2.68. The Morgan fingerprint density at radius 3 is 2.44 bits per heavy atom. The smallest absolute Gasteiger partial charge is 0.305 e. The predicted molar refractivity (Wildman–Crippen MR) is 185 cm³/mol. The molecule has 0 radical (unpaired) electrons. The number of aromatic nitrogens is 1. The van der Waals surface area contributed by atoms with Gasteiger partial charge in [0.25, 0.3) is 5.91 Å². The van der Waals surface area contributed by atoms with Crippen molar-refractivity contribution in [2.75, 3.05) is 23.4 Å². The molecule has 2 aliphatic carbocycles. The van der Waals surface area contributed by atoms with Crippen molar-refractivity contribution >= 4 is 52.2 Å². The Morgan fingerprint density at radius 2 is 1.69 bits per heavy atom. The first kappa shape index (κ1) is 31.0. The number of carbonyl (C=O) groups is 3. The lowest BCUT2D eigenvalue weighted by molar-refractivity contribution is -0.123. The Bertz CT molecular complexity index is 2000. The van der Waals surface area contributed by atoms with Crippen LogP contribution in [0.4, 0.5) is 11.4 Å². The maximum Gasteiger partial charge on any atom is 0.305 e. The van der Waals surface area contributed by atoms with Crippen molar-refractivity contribution in [2.45, 2.75) is 43.4 Å². The van der Waals surface area contributed by atoms with Crippen molar-refractivity contribution in [3.63, 3.8) is 0 Å². The molecule has 2 bridgehead atoms. The number of hydrogen-bond donors (Lipinski definition) is 2. The SMILES string of the molecule is CCOc1cc([C@H]2c3sc(=O)[nH]c3SC3C2[C@H]2C[C@@H]3C3C(=O)N(c4ccc(C)cc4)C(=O)C32)ccc1OCC(=O)Nc1ccccc1C. The number of thioether (sulfide) groups is 1. The minimum Gasteiger partial charge on any atom is -0.490 e. The van der Waals surface area contributed by atoms with Crippen LogP contribution < -0.4 is 24.6 Å². The molecule has 4 aliphatic rings. The molecule has 8 rings (SSSR count). The number of carbonyl (C=O) groups excluding carboxylic acids is 3. The van der Waals surface area contributed by atoms with E-state index in [-0.39, 0.29) is 70.0 Å². The Morgan fingerprint density at radius 1 is 0.938 bits per heavy atom. The topological polar surface area (TPSA) is 118 Å². The minimum atomic E-state index is -0.383. The molecule has 11 heteroatoms. The van der Waals surface area contributed by atoms with Crippen molar-refractivity contribution in [3.8, 4) is 11.5 Å². The fraction of sp³-hybridized carbons (Fsp3) is 0.351. The number of H-pyrrole nitrogens is 1. The first-order chi connectivity index (χ1) is 23.2. The van der Waals surface area contributed by atoms with Crippen LogP contribution in [-0.2, 0) is 14.4 Å². The highest BCUT2D eigenvalue weighted by molar-refractivity contribution is 8.00. The van der Waals surface area contributed by atoms with Gasteiger partial charge in [-0.05, 0) is 86.4 Å². The Kier molecular flexibility index (Phi) is 7.71. The van der Waals surface area contributed by atoms with Crippen molar-refractivity contribution in [1.29, 1.82) is 0 Å². The summed E-state index contributed by atoms with van der Waals surface area (Å²) in [5.41, 5.74) is 4.34. The van der Waals surface area contributed by atoms with E-state index >= 15 is 0 Å². The van der Waals surface area contributed by atoms with Crippen LogP contribution in [0.2, 0.25) is 0 Å². The molecular formula is C37H35N3O6S2. The third kappa shape index (κ3) is 4.97. The van der Waals surface area contributed by atoms with E-state index in [0.29, 0.717) is 23.8 Å². The number of rotatable bonds is 8. The van der Waals surface area contributed by atoms with E-state index in [1.54, 1.807) is 11.8 Å². The van der Waals surface area contributed by atoms with Gasteiger partial charge in [-0.15, -0.1) is 11.8 Å². The van der Waals surface area contributed by atoms with Gasteiger partial charge in [-0.1, -0.05) is 53.3 Å². The van der Waals surface area contributed by atoms with E-state index in [1.807, 2.05) is 87.5 Å². The molecule has 3 heterocycles. The van der Waals surface area contributed by atoms with Gasteiger partial charge in [-0.2, -0.15) is 0 Å². The van der Waals surface area contributed by atoms with Crippen LogP contribution in [0.15, 0.2) is 76.6 Å². The Labute approximate surface area is 286 Å². The van der Waals surface area contributed by atoms with Crippen LogP contribution in [0.3, 0.4) is 0 Å². The number of aryl methyl sites for hydroxylation is 2. The minimum absolute atomic E-state index is 0.00337. The van der Waals surface area contributed by atoms with Crippen LogP contribution in [0, 0.1) is 43.4 Å². The van der Waals surface area contributed by atoms with E-state index in [2.05, 4.69) is 10.3 Å². The van der Waals surface area contributed by atoms with Gasteiger partial charge >= 0.3 is 4.87 Å². The van der Waals surface area contributed by atoms with E-state index in [1.165, 1.54) is 16.2 Å². The van der Waals surface area contributed by atoms with Gasteiger partial charge in [0.05, 0.1) is 29.2 Å². The van der Waals surface area contributed by atoms with Crippen LogP contribution in [0.5, 0.6) is 11.5 Å². The molecule has 2 N–H and O–H groups in total. The highest BCUT2D eigenvalue weighted by atomic mass is 32.2. The lowest BCUT2D eigenvalue weighted by Gasteiger charge is -2.43. The third-order valence-corrected chi connectivity index (χ3v) is 13.0. The second-order valence-corrected chi connectivity index (χ2v) is 15.3. The quantitative estimate of drug-likeness (QED) is 0.214. The lowest BCUT2D eigenvalue weighted by Crippen LogP contribution is -2.42. The first-order valence-corrected chi connectivity index (χ1v) is 18.0. The Hall–Kier alpha value is -4.35. The summed E-state index contributed by atoms with van der Waals surface area (Å²) in [6.07, 6.45) is 0.808. The highest BCUT2D eigenvalue weighted by Gasteiger charge is 2.69. The lowest BCUT2D eigenvalue weighted by atomic mass is 9.68. The summed E-state index contributed by atoms with van der Waals surface area (Å²) in [5, 5.41) is 3.82. The summed E-state index contributed by atoms with van der Waals surface area (Å²) in [4.78, 5) is 58.8. The average molecular weight is 682 g/mol. The second-order valence-electron chi connectivity index (χ2n) is 13.1. The third-order valence-electron chi connectivity index (χ3n) is 10.4. The molecule has 2 saturated carbocycles. The number of amides is 3.